The number of hydrogen-bond donors (Lipinski definition) is 1. The summed E-state index contributed by atoms with van der Waals surface area (Å²) in [5.41, 5.74) is 1.33. The number of amides is 1. The van der Waals surface area contributed by atoms with Gasteiger partial charge in [-0.2, -0.15) is 0 Å². The average Bonchev–Trinajstić information content (AvgIpc) is 3.24. The molecule has 2 aromatic rings. The minimum atomic E-state index is -3.33. The van der Waals surface area contributed by atoms with E-state index in [0.717, 1.165) is 12.8 Å². The highest BCUT2D eigenvalue weighted by molar-refractivity contribution is 7.92. The Balaban J connectivity index is 1.71. The van der Waals surface area contributed by atoms with Crippen LogP contribution in [0.15, 0.2) is 41.3 Å². The Morgan fingerprint density at radius 3 is 2.34 bits per heavy atom. The highest BCUT2D eigenvalue weighted by atomic mass is 32.2. The highest BCUT2D eigenvalue weighted by Gasteiger charge is 2.30. The molecule has 1 N–H and O–H groups in total. The fraction of sp³-hybridized carbons (Fsp3) is 0.381. The van der Waals surface area contributed by atoms with Crippen molar-refractivity contribution in [1.29, 1.82) is 0 Å². The zero-order chi connectivity index (χ0) is 21.0. The lowest BCUT2D eigenvalue weighted by Gasteiger charge is -2.12. The molecule has 0 aliphatic heterocycles. The molecule has 1 aromatic heterocycles. The minimum Gasteiger partial charge on any atom is -0.462 e. The number of pyridine rings is 1. The SMILES string of the molecule is CCOC(=O)c1ccc(C(=O)Nc2ccc(S(=O)(=O)C3CCCC3)cc2)nc1C. The lowest BCUT2D eigenvalue weighted by Crippen LogP contribution is -2.18. The Kier molecular flexibility index (Phi) is 6.32. The molecule has 1 aliphatic rings. The number of carbonyl (C=O) groups is 2. The van der Waals surface area contributed by atoms with Crippen molar-refractivity contribution in [3.63, 3.8) is 0 Å². The molecule has 1 aliphatic carbocycles. The topological polar surface area (TPSA) is 102 Å². The number of carbonyl (C=O) groups excluding carboxylic acids is 2. The number of nitrogens with one attached hydrogen (secondary N) is 1. The summed E-state index contributed by atoms with van der Waals surface area (Å²) in [5.74, 6) is -0.932. The fourth-order valence-corrected chi connectivity index (χ4v) is 5.28. The van der Waals surface area contributed by atoms with Gasteiger partial charge in [-0.05, 0) is 63.1 Å². The van der Waals surface area contributed by atoms with Gasteiger partial charge in [-0.15, -0.1) is 0 Å². The van der Waals surface area contributed by atoms with Gasteiger partial charge in [-0.3, -0.25) is 4.79 Å². The van der Waals surface area contributed by atoms with Crippen LogP contribution >= 0.6 is 0 Å². The molecule has 0 unspecified atom stereocenters. The zero-order valence-corrected chi connectivity index (χ0v) is 17.3. The Morgan fingerprint density at radius 1 is 1.10 bits per heavy atom. The predicted octanol–water partition coefficient (Wildman–Crippen LogP) is 3.54. The number of esters is 1. The second-order valence-electron chi connectivity index (χ2n) is 6.98. The van der Waals surface area contributed by atoms with Crippen LogP contribution in [0.1, 0.15) is 59.1 Å². The van der Waals surface area contributed by atoms with Crippen molar-refractivity contribution in [1.82, 2.24) is 4.98 Å². The van der Waals surface area contributed by atoms with Crippen LogP contribution in [0.25, 0.3) is 0 Å². The predicted molar refractivity (Wildman–Crippen MR) is 109 cm³/mol. The average molecular weight is 416 g/mol. The van der Waals surface area contributed by atoms with Gasteiger partial charge >= 0.3 is 5.97 Å². The number of sulfone groups is 1. The normalized spacial score (nSPS) is 14.6. The van der Waals surface area contributed by atoms with E-state index in [0.29, 0.717) is 29.8 Å². The van der Waals surface area contributed by atoms with Crippen LogP contribution in [0.4, 0.5) is 5.69 Å². The summed E-state index contributed by atoms with van der Waals surface area (Å²) in [5, 5.41) is 2.38. The summed E-state index contributed by atoms with van der Waals surface area (Å²) in [4.78, 5) is 28.7. The number of ether oxygens (including phenoxy) is 1. The Labute approximate surface area is 170 Å². The lowest BCUT2D eigenvalue weighted by molar-refractivity contribution is 0.0524. The summed E-state index contributed by atoms with van der Waals surface area (Å²) in [7, 11) is -3.33. The molecule has 0 saturated heterocycles. The minimum absolute atomic E-state index is 0.151. The van der Waals surface area contributed by atoms with Gasteiger partial charge < -0.3 is 10.1 Å². The van der Waals surface area contributed by atoms with E-state index in [-0.39, 0.29) is 22.4 Å². The van der Waals surface area contributed by atoms with Crippen LogP contribution in [0.2, 0.25) is 0 Å². The standard InChI is InChI=1S/C21H24N2O5S/c1-3-28-21(25)18-12-13-19(22-14(18)2)20(24)23-15-8-10-17(11-9-15)29(26,27)16-6-4-5-7-16/h8-13,16H,3-7H2,1-2H3,(H,23,24). The maximum Gasteiger partial charge on any atom is 0.339 e. The largest absolute Gasteiger partial charge is 0.462 e. The summed E-state index contributed by atoms with van der Waals surface area (Å²) < 4.78 is 30.2. The van der Waals surface area contributed by atoms with Gasteiger partial charge in [0, 0.05) is 5.69 Å². The van der Waals surface area contributed by atoms with Crippen molar-refractivity contribution in [2.24, 2.45) is 0 Å². The molecule has 1 aromatic carbocycles. The molecule has 7 nitrogen and oxygen atoms in total. The molecule has 29 heavy (non-hydrogen) atoms. The molecule has 0 spiro atoms. The van der Waals surface area contributed by atoms with E-state index in [2.05, 4.69) is 10.3 Å². The first-order valence-corrected chi connectivity index (χ1v) is 11.2. The first-order chi connectivity index (χ1) is 13.8. The molecule has 1 saturated carbocycles. The van der Waals surface area contributed by atoms with Crippen molar-refractivity contribution in [3.8, 4) is 0 Å². The molecule has 154 valence electrons. The first-order valence-electron chi connectivity index (χ1n) is 9.63. The van der Waals surface area contributed by atoms with E-state index >= 15 is 0 Å². The quantitative estimate of drug-likeness (QED) is 0.723. The van der Waals surface area contributed by atoms with Gasteiger partial charge in [0.25, 0.3) is 5.91 Å². The monoisotopic (exact) mass is 416 g/mol. The van der Waals surface area contributed by atoms with Crippen molar-refractivity contribution >= 4 is 27.4 Å². The van der Waals surface area contributed by atoms with Crippen LogP contribution in [0, 0.1) is 6.92 Å². The van der Waals surface area contributed by atoms with E-state index in [1.807, 2.05) is 0 Å². The number of benzene rings is 1. The Morgan fingerprint density at radius 2 is 1.76 bits per heavy atom. The van der Waals surface area contributed by atoms with Crippen molar-refractivity contribution < 1.29 is 22.7 Å². The number of aryl methyl sites for hydroxylation is 1. The van der Waals surface area contributed by atoms with E-state index in [1.165, 1.54) is 24.3 Å². The molecule has 0 bridgehead atoms. The maximum absolute atomic E-state index is 12.6. The van der Waals surface area contributed by atoms with Crippen LogP contribution in [-0.4, -0.2) is 37.1 Å². The third kappa shape index (κ3) is 4.64. The van der Waals surface area contributed by atoms with Crippen LogP contribution in [0.3, 0.4) is 0 Å². The lowest BCUT2D eigenvalue weighted by atomic mass is 10.2. The summed E-state index contributed by atoms with van der Waals surface area (Å²) in [6, 6.07) is 9.14. The number of nitrogens with zero attached hydrogens (tertiary/aromatic N) is 1. The molecular formula is C21H24N2O5S. The highest BCUT2D eigenvalue weighted by Crippen LogP contribution is 2.30. The maximum atomic E-state index is 12.6. The van der Waals surface area contributed by atoms with E-state index in [1.54, 1.807) is 26.0 Å². The third-order valence-electron chi connectivity index (χ3n) is 5.00. The molecule has 1 fully saturated rings. The van der Waals surface area contributed by atoms with Crippen LogP contribution in [-0.2, 0) is 14.6 Å². The van der Waals surface area contributed by atoms with Gasteiger partial charge in [0.15, 0.2) is 9.84 Å². The molecule has 0 atom stereocenters. The smallest absolute Gasteiger partial charge is 0.339 e. The second kappa shape index (κ2) is 8.73. The Hall–Kier alpha value is -2.74. The number of aromatic nitrogens is 1. The van der Waals surface area contributed by atoms with Crippen molar-refractivity contribution in [2.45, 2.75) is 49.7 Å². The van der Waals surface area contributed by atoms with Gasteiger partial charge in [0.2, 0.25) is 0 Å². The van der Waals surface area contributed by atoms with Crippen LogP contribution < -0.4 is 5.32 Å². The summed E-state index contributed by atoms with van der Waals surface area (Å²) in [6.07, 6.45) is 3.29. The molecule has 8 heteroatoms. The number of rotatable bonds is 6. The van der Waals surface area contributed by atoms with E-state index in [4.69, 9.17) is 4.74 Å². The van der Waals surface area contributed by atoms with Crippen molar-refractivity contribution in [3.05, 3.63) is 53.3 Å². The molecule has 3 rings (SSSR count). The van der Waals surface area contributed by atoms with Gasteiger partial charge in [0.05, 0.1) is 28.0 Å². The molecule has 0 radical (unpaired) electrons. The van der Waals surface area contributed by atoms with Crippen molar-refractivity contribution in [2.75, 3.05) is 11.9 Å². The van der Waals surface area contributed by atoms with E-state index < -0.39 is 21.7 Å². The second-order valence-corrected chi connectivity index (χ2v) is 9.21. The third-order valence-corrected chi connectivity index (χ3v) is 7.27. The number of hydrogen-bond acceptors (Lipinski definition) is 6. The first kappa shape index (κ1) is 21.0. The van der Waals surface area contributed by atoms with Gasteiger partial charge in [-0.25, -0.2) is 18.2 Å². The fourth-order valence-electron chi connectivity index (χ4n) is 3.43. The van der Waals surface area contributed by atoms with Gasteiger partial charge in [-0.1, -0.05) is 12.8 Å². The summed E-state index contributed by atoms with van der Waals surface area (Å²) in [6.45, 7) is 3.60. The zero-order valence-electron chi connectivity index (χ0n) is 16.5. The van der Waals surface area contributed by atoms with Crippen LogP contribution in [0.5, 0.6) is 0 Å². The Bertz CT molecular complexity index is 1010. The van der Waals surface area contributed by atoms with Gasteiger partial charge in [0.1, 0.15) is 5.69 Å². The molecular weight excluding hydrogens is 392 g/mol. The number of anilines is 1. The van der Waals surface area contributed by atoms with E-state index in [9.17, 15) is 18.0 Å². The molecule has 1 amide bonds. The molecule has 1 heterocycles. The summed E-state index contributed by atoms with van der Waals surface area (Å²) >= 11 is 0.